The SMILES string of the molecule is COc1cc(C2SCCS2)ccc1OC(=O)Cc1ccccc1Cl. The molecule has 1 heterocycles. The molecule has 0 spiro atoms. The molecule has 126 valence electrons. The van der Waals surface area contributed by atoms with E-state index in [1.54, 1.807) is 19.2 Å². The number of benzene rings is 2. The first-order valence-corrected chi connectivity index (χ1v) is 10.00. The summed E-state index contributed by atoms with van der Waals surface area (Å²) in [6, 6.07) is 13.0. The lowest BCUT2D eigenvalue weighted by atomic mass is 10.1. The van der Waals surface area contributed by atoms with Crippen LogP contribution in [0.5, 0.6) is 11.5 Å². The molecule has 0 aromatic heterocycles. The number of methoxy groups -OCH3 is 1. The predicted octanol–water partition coefficient (Wildman–Crippen LogP) is 4.98. The van der Waals surface area contributed by atoms with Gasteiger partial charge in [-0.05, 0) is 29.3 Å². The normalized spacial score (nSPS) is 14.6. The van der Waals surface area contributed by atoms with E-state index in [-0.39, 0.29) is 12.4 Å². The number of hydrogen-bond donors (Lipinski definition) is 0. The summed E-state index contributed by atoms with van der Waals surface area (Å²) in [5, 5.41) is 0.562. The third kappa shape index (κ3) is 4.21. The van der Waals surface area contributed by atoms with Crippen molar-refractivity contribution >= 4 is 41.1 Å². The van der Waals surface area contributed by atoms with Gasteiger partial charge >= 0.3 is 5.97 Å². The Morgan fingerprint density at radius 3 is 2.62 bits per heavy atom. The van der Waals surface area contributed by atoms with Crippen molar-refractivity contribution in [2.75, 3.05) is 18.6 Å². The van der Waals surface area contributed by atoms with Gasteiger partial charge in [0.05, 0.1) is 18.1 Å². The number of thioether (sulfide) groups is 2. The van der Waals surface area contributed by atoms with Crippen molar-refractivity contribution in [3.05, 3.63) is 58.6 Å². The zero-order valence-electron chi connectivity index (χ0n) is 13.2. The Kier molecular flexibility index (Phi) is 5.98. The molecule has 1 fully saturated rings. The zero-order chi connectivity index (χ0) is 16.9. The van der Waals surface area contributed by atoms with Gasteiger partial charge in [0.1, 0.15) is 0 Å². The summed E-state index contributed by atoms with van der Waals surface area (Å²) in [7, 11) is 1.58. The summed E-state index contributed by atoms with van der Waals surface area (Å²) in [5.74, 6) is 2.97. The Bertz CT molecular complexity index is 730. The smallest absolute Gasteiger partial charge is 0.315 e. The minimum atomic E-state index is -0.362. The first-order valence-electron chi connectivity index (χ1n) is 7.52. The molecule has 0 radical (unpaired) electrons. The molecule has 24 heavy (non-hydrogen) atoms. The molecule has 6 heteroatoms. The van der Waals surface area contributed by atoms with Crippen LogP contribution in [-0.4, -0.2) is 24.6 Å². The van der Waals surface area contributed by atoms with Crippen molar-refractivity contribution in [2.24, 2.45) is 0 Å². The lowest BCUT2D eigenvalue weighted by Gasteiger charge is -2.14. The summed E-state index contributed by atoms with van der Waals surface area (Å²) in [5.41, 5.74) is 1.93. The van der Waals surface area contributed by atoms with Crippen LogP contribution in [0.4, 0.5) is 0 Å². The number of carbonyl (C=O) groups excluding carboxylic acids is 1. The number of hydrogen-bond acceptors (Lipinski definition) is 5. The predicted molar refractivity (Wildman–Crippen MR) is 101 cm³/mol. The lowest BCUT2D eigenvalue weighted by Crippen LogP contribution is -2.12. The second-order valence-electron chi connectivity index (χ2n) is 5.23. The third-order valence-corrected chi connectivity index (χ3v) is 7.07. The number of rotatable bonds is 5. The Balaban J connectivity index is 1.72. The van der Waals surface area contributed by atoms with Gasteiger partial charge in [0.25, 0.3) is 0 Å². The molecular weight excluding hydrogens is 364 g/mol. The summed E-state index contributed by atoms with van der Waals surface area (Å²) < 4.78 is 11.3. The van der Waals surface area contributed by atoms with Gasteiger partial charge < -0.3 is 9.47 Å². The minimum absolute atomic E-state index is 0.124. The van der Waals surface area contributed by atoms with E-state index >= 15 is 0 Å². The van der Waals surface area contributed by atoms with Gasteiger partial charge in [0.2, 0.25) is 0 Å². The van der Waals surface area contributed by atoms with Crippen molar-refractivity contribution in [1.82, 2.24) is 0 Å². The molecule has 0 unspecified atom stereocenters. The molecule has 1 aliphatic rings. The van der Waals surface area contributed by atoms with Gasteiger partial charge in [-0.1, -0.05) is 35.9 Å². The molecule has 0 aliphatic carbocycles. The van der Waals surface area contributed by atoms with Gasteiger partial charge in [-0.25, -0.2) is 0 Å². The number of carbonyl (C=O) groups is 1. The van der Waals surface area contributed by atoms with E-state index in [1.807, 2.05) is 53.9 Å². The standard InChI is InChI=1S/C18H17ClO3S2/c1-21-16-10-13(18-23-8-9-24-18)6-7-15(16)22-17(20)11-12-4-2-3-5-14(12)19/h2-7,10,18H,8-9,11H2,1H3. The molecule has 2 aromatic carbocycles. The van der Waals surface area contributed by atoms with Crippen LogP contribution in [0, 0.1) is 0 Å². The Morgan fingerprint density at radius 2 is 1.92 bits per heavy atom. The number of ether oxygens (including phenoxy) is 2. The average Bonchev–Trinajstić information content (AvgIpc) is 3.12. The van der Waals surface area contributed by atoms with Gasteiger partial charge in [-0.15, -0.1) is 23.5 Å². The molecule has 0 N–H and O–H groups in total. The quantitative estimate of drug-likeness (QED) is 0.540. The Morgan fingerprint density at radius 1 is 1.17 bits per heavy atom. The van der Waals surface area contributed by atoms with Crippen LogP contribution in [0.15, 0.2) is 42.5 Å². The lowest BCUT2D eigenvalue weighted by molar-refractivity contribution is -0.133. The minimum Gasteiger partial charge on any atom is -0.493 e. The van der Waals surface area contributed by atoms with Crippen LogP contribution in [0.1, 0.15) is 15.7 Å². The van der Waals surface area contributed by atoms with Crippen LogP contribution < -0.4 is 9.47 Å². The summed E-state index contributed by atoms with van der Waals surface area (Å²) in [6.07, 6.45) is 0.124. The van der Waals surface area contributed by atoms with E-state index in [4.69, 9.17) is 21.1 Å². The van der Waals surface area contributed by atoms with Crippen molar-refractivity contribution in [3.63, 3.8) is 0 Å². The summed E-state index contributed by atoms with van der Waals surface area (Å²) in [6.45, 7) is 0. The molecule has 1 aliphatic heterocycles. The fraction of sp³-hybridized carbons (Fsp3) is 0.278. The first-order chi connectivity index (χ1) is 11.7. The van der Waals surface area contributed by atoms with E-state index in [9.17, 15) is 4.79 Å². The van der Waals surface area contributed by atoms with E-state index in [0.717, 1.165) is 17.1 Å². The second-order valence-corrected chi connectivity index (χ2v) is 8.36. The molecule has 3 rings (SSSR count). The maximum atomic E-state index is 12.2. The Labute approximate surface area is 155 Å². The molecule has 0 bridgehead atoms. The van der Waals surface area contributed by atoms with Gasteiger partial charge in [0.15, 0.2) is 11.5 Å². The fourth-order valence-corrected chi connectivity index (χ4v) is 5.46. The molecule has 3 nitrogen and oxygen atoms in total. The van der Waals surface area contributed by atoms with Crippen LogP contribution >= 0.6 is 35.1 Å². The van der Waals surface area contributed by atoms with Crippen LogP contribution in [0.25, 0.3) is 0 Å². The van der Waals surface area contributed by atoms with E-state index in [0.29, 0.717) is 21.1 Å². The van der Waals surface area contributed by atoms with Gasteiger partial charge in [-0.2, -0.15) is 0 Å². The highest BCUT2D eigenvalue weighted by atomic mass is 35.5. The van der Waals surface area contributed by atoms with E-state index in [1.165, 1.54) is 5.56 Å². The van der Waals surface area contributed by atoms with Crippen LogP contribution in [0.3, 0.4) is 0 Å². The first kappa shape index (κ1) is 17.5. The van der Waals surface area contributed by atoms with Crippen molar-refractivity contribution in [3.8, 4) is 11.5 Å². The van der Waals surface area contributed by atoms with Gasteiger partial charge in [-0.3, -0.25) is 4.79 Å². The van der Waals surface area contributed by atoms with Crippen molar-refractivity contribution in [1.29, 1.82) is 0 Å². The topological polar surface area (TPSA) is 35.5 Å². The summed E-state index contributed by atoms with van der Waals surface area (Å²) >= 11 is 9.93. The van der Waals surface area contributed by atoms with Crippen molar-refractivity contribution < 1.29 is 14.3 Å². The molecule has 0 atom stereocenters. The van der Waals surface area contributed by atoms with E-state index in [2.05, 4.69) is 0 Å². The highest BCUT2D eigenvalue weighted by Crippen LogP contribution is 2.46. The van der Waals surface area contributed by atoms with Crippen molar-refractivity contribution in [2.45, 2.75) is 11.0 Å². The molecule has 0 saturated carbocycles. The zero-order valence-corrected chi connectivity index (χ0v) is 15.5. The maximum Gasteiger partial charge on any atom is 0.315 e. The highest BCUT2D eigenvalue weighted by Gasteiger charge is 2.20. The van der Waals surface area contributed by atoms with Gasteiger partial charge in [0, 0.05) is 16.5 Å². The third-order valence-electron chi connectivity index (χ3n) is 3.60. The monoisotopic (exact) mass is 380 g/mol. The number of halogens is 1. The Hall–Kier alpha value is -1.30. The average molecular weight is 381 g/mol. The maximum absolute atomic E-state index is 12.2. The van der Waals surface area contributed by atoms with Crippen LogP contribution in [-0.2, 0) is 11.2 Å². The molecule has 2 aromatic rings. The fourth-order valence-electron chi connectivity index (χ4n) is 2.42. The molecule has 1 saturated heterocycles. The number of esters is 1. The molecular formula is C18H17ClO3S2. The summed E-state index contributed by atoms with van der Waals surface area (Å²) in [4.78, 5) is 12.2. The van der Waals surface area contributed by atoms with E-state index < -0.39 is 0 Å². The van der Waals surface area contributed by atoms with Crippen LogP contribution in [0.2, 0.25) is 5.02 Å². The largest absolute Gasteiger partial charge is 0.493 e. The molecule has 0 amide bonds. The highest BCUT2D eigenvalue weighted by molar-refractivity contribution is 8.19. The second kappa shape index (κ2) is 8.19.